The van der Waals surface area contributed by atoms with Gasteiger partial charge in [-0.15, -0.1) is 0 Å². The summed E-state index contributed by atoms with van der Waals surface area (Å²) in [5, 5.41) is 6.19. The zero-order chi connectivity index (χ0) is 17.9. The van der Waals surface area contributed by atoms with Gasteiger partial charge in [0.2, 0.25) is 5.91 Å². The summed E-state index contributed by atoms with van der Waals surface area (Å²) < 4.78 is 5.75. The van der Waals surface area contributed by atoms with Crippen molar-refractivity contribution in [2.24, 2.45) is 0 Å². The Bertz CT molecular complexity index is 627. The van der Waals surface area contributed by atoms with Crippen LogP contribution in [0.15, 0.2) is 54.6 Å². The molecule has 0 bridgehead atoms. The van der Waals surface area contributed by atoms with E-state index >= 15 is 0 Å². The number of nitrogens with one attached hydrogen (secondary N) is 2. The van der Waals surface area contributed by atoms with Crippen LogP contribution >= 0.6 is 0 Å². The third-order valence-corrected chi connectivity index (χ3v) is 3.62. The van der Waals surface area contributed by atoms with Gasteiger partial charge >= 0.3 is 0 Å². The molecule has 0 aliphatic rings. The van der Waals surface area contributed by atoms with E-state index in [9.17, 15) is 4.79 Å². The summed E-state index contributed by atoms with van der Waals surface area (Å²) in [6.45, 7) is 2.32. The SMILES string of the molecule is CN(C)CCCNC(=O)CCNc1ccc(Oc2ccccc2)cc1. The van der Waals surface area contributed by atoms with Gasteiger partial charge < -0.3 is 20.3 Å². The van der Waals surface area contributed by atoms with Gasteiger partial charge in [-0.1, -0.05) is 18.2 Å². The summed E-state index contributed by atoms with van der Waals surface area (Å²) in [6, 6.07) is 17.4. The maximum atomic E-state index is 11.8. The lowest BCUT2D eigenvalue weighted by atomic mass is 10.3. The Morgan fingerprint density at radius 2 is 1.64 bits per heavy atom. The maximum Gasteiger partial charge on any atom is 0.221 e. The van der Waals surface area contributed by atoms with Crippen molar-refractivity contribution in [3.63, 3.8) is 0 Å². The molecule has 2 N–H and O–H groups in total. The number of anilines is 1. The Labute approximate surface area is 150 Å². The van der Waals surface area contributed by atoms with Crippen LogP contribution in [0.5, 0.6) is 11.5 Å². The molecule has 0 radical (unpaired) electrons. The monoisotopic (exact) mass is 341 g/mol. The van der Waals surface area contributed by atoms with Crippen LogP contribution in [0.1, 0.15) is 12.8 Å². The van der Waals surface area contributed by atoms with Crippen molar-refractivity contribution in [1.82, 2.24) is 10.2 Å². The normalized spacial score (nSPS) is 10.5. The van der Waals surface area contributed by atoms with Gasteiger partial charge in [0.05, 0.1) is 0 Å². The molecule has 2 aromatic rings. The first kappa shape index (κ1) is 18.8. The average Bonchev–Trinajstić information content (AvgIpc) is 2.61. The molecule has 0 aliphatic carbocycles. The van der Waals surface area contributed by atoms with Crippen molar-refractivity contribution < 1.29 is 9.53 Å². The zero-order valence-corrected chi connectivity index (χ0v) is 15.0. The number of rotatable bonds is 10. The second-order valence-corrected chi connectivity index (χ2v) is 6.12. The minimum Gasteiger partial charge on any atom is -0.457 e. The molecule has 0 spiro atoms. The van der Waals surface area contributed by atoms with Gasteiger partial charge in [0.15, 0.2) is 0 Å². The molecule has 0 fully saturated rings. The van der Waals surface area contributed by atoms with Gasteiger partial charge in [0.25, 0.3) is 0 Å². The summed E-state index contributed by atoms with van der Waals surface area (Å²) in [7, 11) is 4.06. The van der Waals surface area contributed by atoms with Crippen molar-refractivity contribution in [1.29, 1.82) is 0 Å². The minimum absolute atomic E-state index is 0.0790. The summed E-state index contributed by atoms with van der Waals surface area (Å²) >= 11 is 0. The summed E-state index contributed by atoms with van der Waals surface area (Å²) in [5.41, 5.74) is 0.973. The van der Waals surface area contributed by atoms with E-state index < -0.39 is 0 Å². The Hall–Kier alpha value is -2.53. The molecule has 0 saturated heterocycles. The maximum absolute atomic E-state index is 11.8. The highest BCUT2D eigenvalue weighted by atomic mass is 16.5. The molecular formula is C20H27N3O2. The van der Waals surface area contributed by atoms with Crippen LogP contribution in [-0.4, -0.2) is 44.5 Å². The second kappa shape index (κ2) is 10.4. The number of hydrogen-bond donors (Lipinski definition) is 2. The number of carbonyl (C=O) groups is 1. The Morgan fingerprint density at radius 3 is 2.32 bits per heavy atom. The Kier molecular flexibility index (Phi) is 7.79. The lowest BCUT2D eigenvalue weighted by Gasteiger charge is -2.11. The first-order valence-electron chi connectivity index (χ1n) is 8.62. The Balaban J connectivity index is 1.65. The molecule has 0 unspecified atom stereocenters. The van der Waals surface area contributed by atoms with Crippen LogP contribution in [0.25, 0.3) is 0 Å². The summed E-state index contributed by atoms with van der Waals surface area (Å²) in [5.74, 6) is 1.68. The first-order chi connectivity index (χ1) is 12.1. The van der Waals surface area contributed by atoms with E-state index in [1.807, 2.05) is 68.7 Å². The van der Waals surface area contributed by atoms with Gasteiger partial charge in [-0.25, -0.2) is 0 Å². The van der Waals surface area contributed by atoms with E-state index in [0.717, 1.165) is 36.7 Å². The number of amides is 1. The molecule has 134 valence electrons. The smallest absolute Gasteiger partial charge is 0.221 e. The summed E-state index contributed by atoms with van der Waals surface area (Å²) in [6.07, 6.45) is 1.43. The van der Waals surface area contributed by atoms with Crippen molar-refractivity contribution in [2.75, 3.05) is 39.0 Å². The number of hydrogen-bond acceptors (Lipinski definition) is 4. The van der Waals surface area contributed by atoms with Gasteiger partial charge in [-0.2, -0.15) is 0 Å². The van der Waals surface area contributed by atoms with E-state index in [-0.39, 0.29) is 5.91 Å². The third kappa shape index (κ3) is 7.72. The molecule has 25 heavy (non-hydrogen) atoms. The van der Waals surface area contributed by atoms with Crippen molar-refractivity contribution in [3.8, 4) is 11.5 Å². The van der Waals surface area contributed by atoms with E-state index in [0.29, 0.717) is 13.0 Å². The molecule has 5 nitrogen and oxygen atoms in total. The Morgan fingerprint density at radius 1 is 0.960 bits per heavy atom. The van der Waals surface area contributed by atoms with Gasteiger partial charge in [0.1, 0.15) is 11.5 Å². The highest BCUT2D eigenvalue weighted by molar-refractivity contribution is 5.76. The van der Waals surface area contributed by atoms with Crippen molar-refractivity contribution in [3.05, 3.63) is 54.6 Å². The zero-order valence-electron chi connectivity index (χ0n) is 15.0. The van der Waals surface area contributed by atoms with E-state index in [1.165, 1.54) is 0 Å². The summed E-state index contributed by atoms with van der Waals surface area (Å²) in [4.78, 5) is 13.9. The van der Waals surface area contributed by atoms with Crippen molar-refractivity contribution in [2.45, 2.75) is 12.8 Å². The number of para-hydroxylation sites is 1. The molecule has 0 aliphatic heterocycles. The first-order valence-corrected chi connectivity index (χ1v) is 8.62. The van der Waals surface area contributed by atoms with Crippen LogP contribution < -0.4 is 15.4 Å². The lowest BCUT2D eigenvalue weighted by Crippen LogP contribution is -2.28. The molecule has 0 saturated carbocycles. The number of nitrogens with zero attached hydrogens (tertiary/aromatic N) is 1. The fraction of sp³-hybridized carbons (Fsp3) is 0.350. The minimum atomic E-state index is 0.0790. The standard InChI is InChI=1S/C20H27N3O2/c1-23(2)16-6-14-22-20(24)13-15-21-17-9-11-19(12-10-17)25-18-7-4-3-5-8-18/h3-5,7-12,21H,6,13-16H2,1-2H3,(H,22,24). The van der Waals surface area contributed by atoms with Gasteiger partial charge in [-0.05, 0) is 63.5 Å². The van der Waals surface area contributed by atoms with E-state index in [1.54, 1.807) is 0 Å². The number of benzene rings is 2. The highest BCUT2D eigenvalue weighted by Crippen LogP contribution is 2.22. The van der Waals surface area contributed by atoms with Crippen LogP contribution in [0.4, 0.5) is 5.69 Å². The molecule has 0 aromatic heterocycles. The quantitative estimate of drug-likeness (QED) is 0.651. The molecule has 1 amide bonds. The van der Waals surface area contributed by atoms with Gasteiger partial charge in [-0.3, -0.25) is 4.79 Å². The van der Waals surface area contributed by atoms with Crippen molar-refractivity contribution >= 4 is 11.6 Å². The van der Waals surface area contributed by atoms with Crippen LogP contribution in [0.3, 0.4) is 0 Å². The molecule has 5 heteroatoms. The molecule has 0 heterocycles. The highest BCUT2D eigenvalue weighted by Gasteiger charge is 2.01. The van der Waals surface area contributed by atoms with Crippen LogP contribution in [0, 0.1) is 0 Å². The number of carbonyl (C=O) groups excluding carboxylic acids is 1. The largest absolute Gasteiger partial charge is 0.457 e. The van der Waals surface area contributed by atoms with E-state index in [4.69, 9.17) is 4.74 Å². The fourth-order valence-corrected chi connectivity index (χ4v) is 2.30. The third-order valence-electron chi connectivity index (χ3n) is 3.62. The number of ether oxygens (including phenoxy) is 1. The van der Waals surface area contributed by atoms with Gasteiger partial charge in [0, 0.05) is 25.2 Å². The topological polar surface area (TPSA) is 53.6 Å². The van der Waals surface area contributed by atoms with E-state index in [2.05, 4.69) is 15.5 Å². The average molecular weight is 341 g/mol. The molecule has 2 rings (SSSR count). The van der Waals surface area contributed by atoms with Crippen LogP contribution in [-0.2, 0) is 4.79 Å². The lowest BCUT2D eigenvalue weighted by molar-refractivity contribution is -0.120. The molecule has 2 aromatic carbocycles. The predicted octanol–water partition coefficient (Wildman–Crippen LogP) is 3.35. The predicted molar refractivity (Wildman–Crippen MR) is 102 cm³/mol. The molecule has 0 atom stereocenters. The van der Waals surface area contributed by atoms with Crippen LogP contribution in [0.2, 0.25) is 0 Å². The fourth-order valence-electron chi connectivity index (χ4n) is 2.30. The molecular weight excluding hydrogens is 314 g/mol. The second-order valence-electron chi connectivity index (χ2n) is 6.12.